The first kappa shape index (κ1) is 14.6. The molecule has 0 saturated heterocycles. The number of sulfone groups is 1. The van der Waals surface area contributed by atoms with E-state index in [9.17, 15) is 12.6 Å². The molecule has 0 bridgehead atoms. The van der Waals surface area contributed by atoms with Gasteiger partial charge in [-0.05, 0) is 0 Å². The molecule has 0 amide bonds. The highest BCUT2D eigenvalue weighted by atomic mass is 32.2. The van der Waals surface area contributed by atoms with Crippen molar-refractivity contribution in [1.29, 1.82) is 5.41 Å². The van der Waals surface area contributed by atoms with Gasteiger partial charge < -0.3 is 19.8 Å². The lowest BCUT2D eigenvalue weighted by Gasteiger charge is -2.04. The number of aliphatic hydroxyl groups excluding tert-OH is 1. The van der Waals surface area contributed by atoms with Crippen molar-refractivity contribution in [3.05, 3.63) is 0 Å². The van der Waals surface area contributed by atoms with Gasteiger partial charge in [0, 0.05) is 5.71 Å². The second-order valence-corrected chi connectivity index (χ2v) is 5.81. The van der Waals surface area contributed by atoms with Crippen LogP contribution in [0.3, 0.4) is 0 Å². The Kier molecular flexibility index (Phi) is 6.85. The zero-order valence-electron chi connectivity index (χ0n) is 7.88. The van der Waals surface area contributed by atoms with Gasteiger partial charge in [0.05, 0.1) is 23.9 Å². The third-order valence-electron chi connectivity index (χ3n) is 1.32. The van der Waals surface area contributed by atoms with Crippen molar-refractivity contribution >= 4 is 26.6 Å². The Morgan fingerprint density at radius 1 is 1.47 bits per heavy atom. The molecule has 3 N–H and O–H groups in total. The summed E-state index contributed by atoms with van der Waals surface area (Å²) in [5, 5.41) is 15.4. The van der Waals surface area contributed by atoms with E-state index in [0.717, 1.165) is 0 Å². The number of hydrogen-bond acceptors (Lipinski definition) is 6. The van der Waals surface area contributed by atoms with Crippen molar-refractivity contribution in [2.45, 2.75) is 0 Å². The van der Waals surface area contributed by atoms with Gasteiger partial charge in [0.25, 0.3) is 0 Å². The van der Waals surface area contributed by atoms with Crippen LogP contribution < -0.4 is 0 Å². The monoisotopic (exact) mass is 259 g/mol. The molecule has 0 aromatic heterocycles. The standard InChI is InChI=1S/C6H13NO6S2/c7-6(3-14(9)10)4-15(11,12)2-1-13-5-8/h7-8H,1-5H2,(H,9,10). The molecular formula is C6H13NO6S2. The summed E-state index contributed by atoms with van der Waals surface area (Å²) in [4.78, 5) is 0. The van der Waals surface area contributed by atoms with Gasteiger partial charge in [0.2, 0.25) is 0 Å². The summed E-state index contributed by atoms with van der Waals surface area (Å²) in [6.07, 6.45) is 0. The van der Waals surface area contributed by atoms with Crippen LogP contribution in [0.4, 0.5) is 0 Å². The van der Waals surface area contributed by atoms with Gasteiger partial charge in [-0.2, -0.15) is 0 Å². The Labute approximate surface area is 90.2 Å². The largest absolute Gasteiger partial charge is 0.371 e. The maximum absolute atomic E-state index is 11.2. The molecule has 90 valence electrons. The lowest BCUT2D eigenvalue weighted by atomic mass is 10.5. The molecule has 1 unspecified atom stereocenters. The lowest BCUT2D eigenvalue weighted by Crippen LogP contribution is -2.24. The maximum atomic E-state index is 11.2. The van der Waals surface area contributed by atoms with Crippen LogP contribution in [0.1, 0.15) is 0 Å². The summed E-state index contributed by atoms with van der Waals surface area (Å²) >= 11 is -2.20. The molecule has 0 heterocycles. The highest BCUT2D eigenvalue weighted by molar-refractivity contribution is 7.92. The molecule has 0 rings (SSSR count). The zero-order valence-corrected chi connectivity index (χ0v) is 9.51. The molecule has 0 radical (unpaired) electrons. The number of aliphatic hydroxyl groups is 1. The van der Waals surface area contributed by atoms with Crippen LogP contribution in [0, 0.1) is 5.41 Å². The van der Waals surface area contributed by atoms with Crippen LogP contribution in [0.15, 0.2) is 0 Å². The minimum Gasteiger partial charge on any atom is -0.371 e. The summed E-state index contributed by atoms with van der Waals surface area (Å²) in [6.45, 7) is -0.720. The maximum Gasteiger partial charge on any atom is 0.158 e. The zero-order chi connectivity index (χ0) is 11.9. The van der Waals surface area contributed by atoms with Crippen molar-refractivity contribution in [1.82, 2.24) is 0 Å². The van der Waals surface area contributed by atoms with Crippen LogP contribution in [0.25, 0.3) is 0 Å². The Bertz CT molecular complexity index is 325. The fraction of sp³-hybridized carbons (Fsp3) is 0.833. The third kappa shape index (κ3) is 8.63. The van der Waals surface area contributed by atoms with E-state index in [1.165, 1.54) is 0 Å². The number of hydrogen-bond donors (Lipinski definition) is 3. The predicted octanol–water partition coefficient (Wildman–Crippen LogP) is -1.39. The van der Waals surface area contributed by atoms with Gasteiger partial charge in [-0.3, -0.25) is 0 Å². The highest BCUT2D eigenvalue weighted by Gasteiger charge is 2.15. The van der Waals surface area contributed by atoms with Crippen LogP contribution in [0.5, 0.6) is 0 Å². The van der Waals surface area contributed by atoms with E-state index in [1.54, 1.807) is 0 Å². The lowest BCUT2D eigenvalue weighted by molar-refractivity contribution is 0.00633. The molecule has 0 aromatic carbocycles. The average Bonchev–Trinajstić information content (AvgIpc) is 2.00. The molecule has 0 aliphatic carbocycles. The van der Waals surface area contributed by atoms with E-state index < -0.39 is 39.2 Å². The minimum absolute atomic E-state index is 0.158. The molecule has 7 nitrogen and oxygen atoms in total. The molecule has 0 saturated carbocycles. The molecule has 0 aliphatic rings. The first-order valence-electron chi connectivity index (χ1n) is 3.90. The van der Waals surface area contributed by atoms with Crippen LogP contribution in [0.2, 0.25) is 0 Å². The van der Waals surface area contributed by atoms with Crippen molar-refractivity contribution in [3.8, 4) is 0 Å². The van der Waals surface area contributed by atoms with Crippen LogP contribution in [-0.4, -0.2) is 58.7 Å². The number of nitrogens with one attached hydrogen (secondary N) is 1. The van der Waals surface area contributed by atoms with E-state index >= 15 is 0 Å². The van der Waals surface area contributed by atoms with Crippen LogP contribution in [-0.2, 0) is 25.7 Å². The molecule has 1 atom stereocenters. The van der Waals surface area contributed by atoms with Gasteiger partial charge in [-0.15, -0.1) is 0 Å². The van der Waals surface area contributed by atoms with Crippen molar-refractivity contribution in [2.75, 3.05) is 30.7 Å². The smallest absolute Gasteiger partial charge is 0.158 e. The van der Waals surface area contributed by atoms with E-state index in [4.69, 9.17) is 15.1 Å². The molecular weight excluding hydrogens is 246 g/mol. The fourth-order valence-electron chi connectivity index (χ4n) is 0.779. The minimum atomic E-state index is -3.50. The van der Waals surface area contributed by atoms with Gasteiger partial charge in [-0.25, -0.2) is 12.6 Å². The Morgan fingerprint density at radius 3 is 2.53 bits per heavy atom. The van der Waals surface area contributed by atoms with Crippen molar-refractivity contribution in [2.24, 2.45) is 0 Å². The number of ether oxygens (including phenoxy) is 1. The van der Waals surface area contributed by atoms with E-state index in [-0.39, 0.29) is 18.1 Å². The summed E-state index contributed by atoms with van der Waals surface area (Å²) < 4.78 is 45.5. The third-order valence-corrected chi connectivity index (χ3v) is 3.49. The molecule has 0 aliphatic heterocycles. The predicted molar refractivity (Wildman–Crippen MR) is 55.1 cm³/mol. The van der Waals surface area contributed by atoms with Gasteiger partial charge in [0.1, 0.15) is 6.79 Å². The van der Waals surface area contributed by atoms with E-state index in [2.05, 4.69) is 4.74 Å². The first-order chi connectivity index (χ1) is 6.87. The van der Waals surface area contributed by atoms with Crippen LogP contribution >= 0.6 is 0 Å². The fourth-order valence-corrected chi connectivity index (χ4v) is 2.46. The summed E-state index contributed by atoms with van der Waals surface area (Å²) in [5.74, 6) is -1.36. The average molecular weight is 259 g/mol. The topological polar surface area (TPSA) is 125 Å². The van der Waals surface area contributed by atoms with Gasteiger partial charge >= 0.3 is 0 Å². The van der Waals surface area contributed by atoms with E-state index in [1.807, 2.05) is 0 Å². The normalized spacial score (nSPS) is 13.7. The SMILES string of the molecule is N=C(CS(=O)O)CS(=O)(=O)CCOCO. The van der Waals surface area contributed by atoms with Gasteiger partial charge in [0.15, 0.2) is 20.9 Å². The quantitative estimate of drug-likeness (QED) is 0.213. The Hall–Kier alpha value is -0.350. The molecule has 15 heavy (non-hydrogen) atoms. The second-order valence-electron chi connectivity index (χ2n) is 2.70. The van der Waals surface area contributed by atoms with Gasteiger partial charge in [-0.1, -0.05) is 0 Å². The first-order valence-corrected chi connectivity index (χ1v) is 7.00. The molecule has 0 fully saturated rings. The number of rotatable bonds is 8. The second kappa shape index (κ2) is 7.01. The molecule has 9 heteroatoms. The van der Waals surface area contributed by atoms with Crippen molar-refractivity contribution in [3.63, 3.8) is 0 Å². The summed E-state index contributed by atoms with van der Waals surface area (Å²) in [5.41, 5.74) is -0.320. The Morgan fingerprint density at radius 2 is 2.07 bits per heavy atom. The Balaban J connectivity index is 4.03. The summed E-state index contributed by atoms with van der Waals surface area (Å²) in [6, 6.07) is 0. The van der Waals surface area contributed by atoms with E-state index in [0.29, 0.717) is 0 Å². The van der Waals surface area contributed by atoms with Crippen molar-refractivity contribution < 1.29 is 27.0 Å². The highest BCUT2D eigenvalue weighted by Crippen LogP contribution is 1.93. The molecule has 0 spiro atoms. The summed E-state index contributed by atoms with van der Waals surface area (Å²) in [7, 11) is -3.50. The molecule has 0 aromatic rings.